The summed E-state index contributed by atoms with van der Waals surface area (Å²) in [6, 6.07) is 0. The van der Waals surface area contributed by atoms with Gasteiger partial charge in [-0.15, -0.1) is 11.3 Å². The number of aromatic nitrogens is 1. The molecule has 3 N–H and O–H groups in total. The van der Waals surface area contributed by atoms with Gasteiger partial charge in [-0.05, 0) is 27.7 Å². The molecule has 0 aliphatic carbocycles. The molecular formula is C20H29N3O7S. The quantitative estimate of drug-likeness (QED) is 0.319. The summed E-state index contributed by atoms with van der Waals surface area (Å²) in [5, 5.41) is 15.7. The van der Waals surface area contributed by atoms with Gasteiger partial charge in [0.05, 0.1) is 30.7 Å². The molecule has 1 aliphatic heterocycles. The average Bonchev–Trinajstić information content (AvgIpc) is 3.11. The zero-order valence-corrected chi connectivity index (χ0v) is 19.0. The molecule has 0 aromatic carbocycles. The highest BCUT2D eigenvalue weighted by molar-refractivity contribution is 7.09. The lowest BCUT2D eigenvalue weighted by Crippen LogP contribution is -2.49. The van der Waals surface area contributed by atoms with Gasteiger partial charge < -0.3 is 25.2 Å². The molecule has 1 aromatic rings. The van der Waals surface area contributed by atoms with E-state index in [2.05, 4.69) is 10.1 Å². The molecule has 1 amide bonds. The van der Waals surface area contributed by atoms with Crippen LogP contribution in [0.3, 0.4) is 0 Å². The minimum atomic E-state index is -1.41. The molecule has 1 fully saturated rings. The Morgan fingerprint density at radius 2 is 2.00 bits per heavy atom. The Morgan fingerprint density at radius 3 is 2.48 bits per heavy atom. The Hall–Kier alpha value is -2.37. The first kappa shape index (κ1) is 24.9. The standard InChI is InChI=1S/C20H29N3O7S/c1-12-22-14(11-31-12)16(15(25)9-13(10-24)17(21)26)23-30-20(5-7-28-8-6-20)18(27)29-19(2,3)4/h11,13,24H,5-10H2,1-4H3,(H2,21,26)/b23-16-/t13-/m0/s1. The van der Waals surface area contributed by atoms with Crippen LogP contribution in [0.2, 0.25) is 0 Å². The minimum absolute atomic E-state index is 0.154. The number of aliphatic hydroxyl groups excluding tert-OH is 1. The number of carbonyl (C=O) groups is 3. The Labute approximate surface area is 184 Å². The number of thiazole rings is 1. The van der Waals surface area contributed by atoms with Gasteiger partial charge in [-0.2, -0.15) is 0 Å². The van der Waals surface area contributed by atoms with E-state index in [4.69, 9.17) is 20.0 Å². The molecule has 1 atom stereocenters. The van der Waals surface area contributed by atoms with Crippen LogP contribution < -0.4 is 5.73 Å². The normalized spacial score (nSPS) is 17.6. The van der Waals surface area contributed by atoms with Crippen molar-refractivity contribution in [3.63, 3.8) is 0 Å². The SMILES string of the molecule is Cc1nc(/C(=N/OC2(C(=O)OC(C)(C)C)CCOCC2)C(=O)C[C@@H](CO)C(N)=O)cs1. The van der Waals surface area contributed by atoms with Crippen LogP contribution in [0.5, 0.6) is 0 Å². The molecule has 2 rings (SSSR count). The number of aliphatic hydroxyl groups is 1. The third-order valence-corrected chi connectivity index (χ3v) is 5.34. The van der Waals surface area contributed by atoms with Gasteiger partial charge in [-0.3, -0.25) is 9.59 Å². The second-order valence-corrected chi connectivity index (χ2v) is 9.36. The number of hydrogen-bond acceptors (Lipinski definition) is 10. The van der Waals surface area contributed by atoms with Crippen molar-refractivity contribution in [2.45, 2.75) is 58.2 Å². The van der Waals surface area contributed by atoms with Crippen molar-refractivity contribution < 1.29 is 33.8 Å². The van der Waals surface area contributed by atoms with E-state index in [9.17, 15) is 19.5 Å². The molecule has 0 spiro atoms. The molecule has 1 aromatic heterocycles. The largest absolute Gasteiger partial charge is 0.457 e. The molecule has 2 heterocycles. The number of aryl methyl sites for hydroxylation is 1. The Kier molecular flexibility index (Phi) is 8.27. The predicted octanol–water partition coefficient (Wildman–Crippen LogP) is 1.12. The first-order valence-corrected chi connectivity index (χ1v) is 10.8. The first-order chi connectivity index (χ1) is 14.5. The number of primary amides is 1. The van der Waals surface area contributed by atoms with Crippen LogP contribution in [0.4, 0.5) is 0 Å². The number of esters is 1. The fraction of sp³-hybridized carbons (Fsp3) is 0.650. The first-order valence-electron chi connectivity index (χ1n) is 9.90. The van der Waals surface area contributed by atoms with E-state index in [1.54, 1.807) is 33.1 Å². The molecular weight excluding hydrogens is 426 g/mol. The minimum Gasteiger partial charge on any atom is -0.457 e. The van der Waals surface area contributed by atoms with Crippen LogP contribution in [0.1, 0.15) is 50.7 Å². The summed E-state index contributed by atoms with van der Waals surface area (Å²) < 4.78 is 10.9. The van der Waals surface area contributed by atoms with Crippen LogP contribution >= 0.6 is 11.3 Å². The third kappa shape index (κ3) is 6.81. The number of rotatable bonds is 9. The van der Waals surface area contributed by atoms with Gasteiger partial charge in [0.25, 0.3) is 0 Å². The number of nitrogens with zero attached hydrogens (tertiary/aromatic N) is 2. The molecule has 11 heteroatoms. The van der Waals surface area contributed by atoms with Gasteiger partial charge in [-0.1, -0.05) is 5.16 Å². The van der Waals surface area contributed by atoms with Crippen molar-refractivity contribution in [2.24, 2.45) is 16.8 Å². The molecule has 1 aliphatic rings. The molecule has 10 nitrogen and oxygen atoms in total. The van der Waals surface area contributed by atoms with Crippen LogP contribution in [0, 0.1) is 12.8 Å². The number of amides is 1. The van der Waals surface area contributed by atoms with Crippen LogP contribution in [0.25, 0.3) is 0 Å². The maximum Gasteiger partial charge on any atom is 0.354 e. The molecule has 0 unspecified atom stereocenters. The number of Topliss-reactive ketones (excluding diaryl/α,β-unsaturated/α-hetero) is 1. The summed E-state index contributed by atoms with van der Waals surface area (Å²) in [5.74, 6) is -3.06. The highest BCUT2D eigenvalue weighted by Crippen LogP contribution is 2.29. The van der Waals surface area contributed by atoms with Gasteiger partial charge in [0, 0.05) is 24.6 Å². The van der Waals surface area contributed by atoms with Crippen molar-refractivity contribution in [2.75, 3.05) is 19.8 Å². The molecule has 0 radical (unpaired) electrons. The summed E-state index contributed by atoms with van der Waals surface area (Å²) in [6.07, 6.45) is 0.0280. The van der Waals surface area contributed by atoms with Gasteiger partial charge >= 0.3 is 5.97 Å². The highest BCUT2D eigenvalue weighted by atomic mass is 32.1. The molecule has 0 saturated carbocycles. The number of ether oxygens (including phenoxy) is 2. The molecule has 31 heavy (non-hydrogen) atoms. The van der Waals surface area contributed by atoms with E-state index in [1.165, 1.54) is 11.3 Å². The fourth-order valence-corrected chi connectivity index (χ4v) is 3.42. The van der Waals surface area contributed by atoms with Crippen molar-refractivity contribution in [3.8, 4) is 0 Å². The van der Waals surface area contributed by atoms with Crippen molar-refractivity contribution in [1.82, 2.24) is 4.98 Å². The summed E-state index contributed by atoms with van der Waals surface area (Å²) in [5.41, 5.74) is 3.18. The van der Waals surface area contributed by atoms with E-state index >= 15 is 0 Å². The smallest absolute Gasteiger partial charge is 0.354 e. The highest BCUT2D eigenvalue weighted by Gasteiger charge is 2.46. The number of carbonyl (C=O) groups excluding carboxylic acids is 3. The number of ketones is 1. The van der Waals surface area contributed by atoms with E-state index in [-0.39, 0.29) is 43.9 Å². The summed E-state index contributed by atoms with van der Waals surface area (Å²) >= 11 is 1.30. The Bertz CT molecular complexity index is 838. The number of oxime groups is 1. The Morgan fingerprint density at radius 1 is 1.35 bits per heavy atom. The summed E-state index contributed by atoms with van der Waals surface area (Å²) in [6.45, 7) is 6.94. The van der Waals surface area contributed by atoms with Crippen LogP contribution in [-0.2, 0) is 28.7 Å². The Balaban J connectivity index is 2.37. The average molecular weight is 456 g/mol. The van der Waals surface area contributed by atoms with E-state index < -0.39 is 41.4 Å². The molecule has 0 bridgehead atoms. The van der Waals surface area contributed by atoms with Gasteiger partial charge in [0.15, 0.2) is 11.5 Å². The fourth-order valence-electron chi connectivity index (χ4n) is 2.83. The lowest BCUT2D eigenvalue weighted by Gasteiger charge is -2.34. The van der Waals surface area contributed by atoms with E-state index in [1.807, 2.05) is 0 Å². The van der Waals surface area contributed by atoms with Gasteiger partial charge in [-0.25, -0.2) is 9.78 Å². The number of nitrogens with two attached hydrogens (primary N) is 1. The summed E-state index contributed by atoms with van der Waals surface area (Å²) in [4.78, 5) is 47.2. The predicted molar refractivity (Wildman–Crippen MR) is 112 cm³/mol. The maximum atomic E-state index is 12.9. The van der Waals surface area contributed by atoms with Crippen molar-refractivity contribution >= 4 is 34.7 Å². The topological polar surface area (TPSA) is 150 Å². The zero-order chi connectivity index (χ0) is 23.2. The maximum absolute atomic E-state index is 12.9. The zero-order valence-electron chi connectivity index (χ0n) is 18.2. The van der Waals surface area contributed by atoms with Crippen LogP contribution in [0.15, 0.2) is 10.5 Å². The van der Waals surface area contributed by atoms with E-state index in [0.29, 0.717) is 5.01 Å². The van der Waals surface area contributed by atoms with Gasteiger partial charge in [0.2, 0.25) is 11.5 Å². The third-order valence-electron chi connectivity index (χ3n) is 4.56. The number of hydrogen-bond donors (Lipinski definition) is 2. The lowest BCUT2D eigenvalue weighted by atomic mass is 9.94. The van der Waals surface area contributed by atoms with Gasteiger partial charge in [0.1, 0.15) is 11.3 Å². The molecule has 172 valence electrons. The monoisotopic (exact) mass is 455 g/mol. The second-order valence-electron chi connectivity index (χ2n) is 8.30. The molecule has 1 saturated heterocycles. The van der Waals surface area contributed by atoms with E-state index in [0.717, 1.165) is 0 Å². The van der Waals surface area contributed by atoms with Crippen LogP contribution in [-0.4, -0.2) is 64.5 Å². The lowest BCUT2D eigenvalue weighted by molar-refractivity contribution is -0.195. The van der Waals surface area contributed by atoms with Crippen molar-refractivity contribution in [1.29, 1.82) is 0 Å². The summed E-state index contributed by atoms with van der Waals surface area (Å²) in [7, 11) is 0. The second kappa shape index (κ2) is 10.3. The van der Waals surface area contributed by atoms with Crippen molar-refractivity contribution in [3.05, 3.63) is 16.1 Å².